The molecule has 1 nitrogen and oxygen atoms in total. The molecule has 0 aromatic heterocycles. The summed E-state index contributed by atoms with van der Waals surface area (Å²) >= 11 is 6.09. The monoisotopic (exact) mass is 306 g/mol. The minimum atomic E-state index is -0.347. The first-order valence-electron chi connectivity index (χ1n) is 8.02. The van der Waals surface area contributed by atoms with Crippen molar-refractivity contribution in [2.24, 2.45) is 23.2 Å². The van der Waals surface area contributed by atoms with Gasteiger partial charge in [-0.3, -0.25) is 4.79 Å². The number of hydrogen-bond donors (Lipinski definition) is 0. The third kappa shape index (κ3) is 2.23. The number of ketones is 1. The largest absolute Gasteiger partial charge is 0.299 e. The molecule has 1 aromatic carbocycles. The lowest BCUT2D eigenvalue weighted by Crippen LogP contribution is -2.50. The fourth-order valence-corrected chi connectivity index (χ4v) is 5.73. The summed E-state index contributed by atoms with van der Waals surface area (Å²) in [5.74, 6) is 2.08. The van der Waals surface area contributed by atoms with Crippen LogP contribution in [0.15, 0.2) is 18.2 Å². The van der Waals surface area contributed by atoms with Crippen LogP contribution in [0, 0.1) is 29.0 Å². The Morgan fingerprint density at radius 1 is 1.14 bits per heavy atom. The second-order valence-electron chi connectivity index (χ2n) is 7.50. The number of hydrogen-bond acceptors (Lipinski definition) is 1. The molecule has 112 valence electrons. The van der Waals surface area contributed by atoms with Gasteiger partial charge in [-0.2, -0.15) is 0 Å². The van der Waals surface area contributed by atoms with Crippen LogP contribution in [0.1, 0.15) is 44.1 Å². The molecule has 0 aliphatic heterocycles. The van der Waals surface area contributed by atoms with Gasteiger partial charge in [-0.25, -0.2) is 4.39 Å². The van der Waals surface area contributed by atoms with Crippen molar-refractivity contribution in [2.75, 3.05) is 0 Å². The number of Topliss-reactive ketones (excluding diaryl/α,β-unsaturated/α-hetero) is 1. The molecule has 0 radical (unpaired) electrons. The van der Waals surface area contributed by atoms with E-state index in [4.69, 9.17) is 11.6 Å². The Balaban J connectivity index is 1.60. The van der Waals surface area contributed by atoms with Gasteiger partial charge in [-0.15, -0.1) is 0 Å². The van der Waals surface area contributed by atoms with Gasteiger partial charge in [0.05, 0.1) is 0 Å². The maximum Gasteiger partial charge on any atom is 0.143 e. The molecule has 1 aromatic rings. The van der Waals surface area contributed by atoms with Crippen LogP contribution < -0.4 is 0 Å². The molecular formula is C18H20ClFO. The van der Waals surface area contributed by atoms with Gasteiger partial charge in [0.2, 0.25) is 0 Å². The predicted octanol–water partition coefficient (Wildman–Crippen LogP) is 4.81. The highest BCUT2D eigenvalue weighted by Crippen LogP contribution is 2.60. The molecule has 0 amide bonds. The second kappa shape index (κ2) is 4.81. The Labute approximate surface area is 129 Å². The first kappa shape index (κ1) is 13.8. The first-order chi connectivity index (χ1) is 10.1. The van der Waals surface area contributed by atoms with E-state index in [-0.39, 0.29) is 23.4 Å². The lowest BCUT2D eigenvalue weighted by Gasteiger charge is -2.56. The van der Waals surface area contributed by atoms with Gasteiger partial charge in [0.25, 0.3) is 0 Å². The van der Waals surface area contributed by atoms with E-state index in [1.807, 2.05) is 0 Å². The summed E-state index contributed by atoms with van der Waals surface area (Å²) < 4.78 is 13.9. The molecule has 3 heteroatoms. The lowest BCUT2D eigenvalue weighted by molar-refractivity contribution is -0.143. The van der Waals surface area contributed by atoms with E-state index in [0.717, 1.165) is 37.0 Å². The minimum absolute atomic E-state index is 0.164. The molecule has 0 atom stereocenters. The molecule has 0 saturated heterocycles. The van der Waals surface area contributed by atoms with Crippen LogP contribution in [0.4, 0.5) is 4.39 Å². The normalized spacial score (nSPS) is 37.0. The standard InChI is InChI=1S/C18H20ClFO/c19-15-2-1-3-16(20)14(15)7-17(21)18-8-11-4-12(9-18)6-13(5-11)10-18/h1-3,11-13H,4-10H2. The number of halogens is 2. The zero-order valence-corrected chi connectivity index (χ0v) is 12.8. The fourth-order valence-electron chi connectivity index (χ4n) is 5.50. The molecule has 0 spiro atoms. The van der Waals surface area contributed by atoms with E-state index in [9.17, 15) is 9.18 Å². The summed E-state index contributed by atoms with van der Waals surface area (Å²) in [5, 5.41) is 0.382. The molecule has 0 unspecified atom stereocenters. The van der Waals surface area contributed by atoms with Crippen molar-refractivity contribution in [1.29, 1.82) is 0 Å². The van der Waals surface area contributed by atoms with Crippen molar-refractivity contribution in [3.05, 3.63) is 34.6 Å². The molecule has 4 aliphatic carbocycles. The van der Waals surface area contributed by atoms with Crippen LogP contribution in [0.3, 0.4) is 0 Å². The van der Waals surface area contributed by atoms with Crippen molar-refractivity contribution in [3.63, 3.8) is 0 Å². The predicted molar refractivity (Wildman–Crippen MR) is 80.7 cm³/mol. The van der Waals surface area contributed by atoms with Gasteiger partial charge in [0.1, 0.15) is 11.6 Å². The minimum Gasteiger partial charge on any atom is -0.299 e. The summed E-state index contributed by atoms with van der Waals surface area (Å²) in [6.07, 6.45) is 7.20. The third-order valence-corrected chi connectivity index (χ3v) is 6.38. The van der Waals surface area contributed by atoms with E-state index in [2.05, 4.69) is 0 Å². The van der Waals surface area contributed by atoms with E-state index >= 15 is 0 Å². The van der Waals surface area contributed by atoms with Crippen molar-refractivity contribution in [3.8, 4) is 0 Å². The van der Waals surface area contributed by atoms with Crippen molar-refractivity contribution in [1.82, 2.24) is 0 Å². The molecule has 4 aliphatic rings. The average molecular weight is 307 g/mol. The van der Waals surface area contributed by atoms with Crippen LogP contribution in [-0.4, -0.2) is 5.78 Å². The number of carbonyl (C=O) groups excluding carboxylic acids is 1. The van der Waals surface area contributed by atoms with Crippen LogP contribution in [0.25, 0.3) is 0 Å². The Morgan fingerprint density at radius 2 is 1.71 bits per heavy atom. The molecule has 4 bridgehead atoms. The van der Waals surface area contributed by atoms with Crippen molar-refractivity contribution < 1.29 is 9.18 Å². The fraction of sp³-hybridized carbons (Fsp3) is 0.611. The zero-order chi connectivity index (χ0) is 14.6. The summed E-state index contributed by atoms with van der Waals surface area (Å²) in [4.78, 5) is 12.9. The van der Waals surface area contributed by atoms with E-state index in [1.54, 1.807) is 12.1 Å². The Kier molecular flexibility index (Phi) is 3.15. The van der Waals surface area contributed by atoms with Gasteiger partial charge >= 0.3 is 0 Å². The quantitative estimate of drug-likeness (QED) is 0.783. The molecule has 5 rings (SSSR count). The lowest BCUT2D eigenvalue weighted by atomic mass is 9.48. The topological polar surface area (TPSA) is 17.1 Å². The first-order valence-corrected chi connectivity index (χ1v) is 8.40. The maximum atomic E-state index is 13.9. The van der Waals surface area contributed by atoms with Crippen LogP contribution >= 0.6 is 11.6 Å². The third-order valence-electron chi connectivity index (χ3n) is 6.03. The Morgan fingerprint density at radius 3 is 2.24 bits per heavy atom. The van der Waals surface area contributed by atoms with Crippen LogP contribution in [-0.2, 0) is 11.2 Å². The smallest absolute Gasteiger partial charge is 0.143 e. The van der Waals surface area contributed by atoms with Gasteiger partial charge < -0.3 is 0 Å². The molecular weight excluding hydrogens is 287 g/mol. The highest BCUT2D eigenvalue weighted by atomic mass is 35.5. The maximum absolute atomic E-state index is 13.9. The number of rotatable bonds is 3. The Bertz CT molecular complexity index is 539. The average Bonchev–Trinajstić information content (AvgIpc) is 2.41. The molecule has 4 saturated carbocycles. The van der Waals surface area contributed by atoms with E-state index < -0.39 is 0 Å². The Hall–Kier alpha value is -0.890. The summed E-state index contributed by atoms with van der Waals surface area (Å²) in [6, 6.07) is 4.66. The van der Waals surface area contributed by atoms with Crippen molar-refractivity contribution in [2.45, 2.75) is 44.9 Å². The second-order valence-corrected chi connectivity index (χ2v) is 7.91. The number of benzene rings is 1. The molecule has 4 fully saturated rings. The van der Waals surface area contributed by atoms with Gasteiger partial charge in [-0.1, -0.05) is 17.7 Å². The highest BCUT2D eigenvalue weighted by molar-refractivity contribution is 6.31. The van der Waals surface area contributed by atoms with Crippen LogP contribution in [0.5, 0.6) is 0 Å². The summed E-state index contributed by atoms with van der Waals surface area (Å²) in [7, 11) is 0. The van der Waals surface area contributed by atoms with Crippen molar-refractivity contribution >= 4 is 17.4 Å². The van der Waals surface area contributed by atoms with E-state index in [0.29, 0.717) is 10.6 Å². The highest BCUT2D eigenvalue weighted by Gasteiger charge is 2.54. The van der Waals surface area contributed by atoms with Gasteiger partial charge in [0, 0.05) is 22.4 Å². The van der Waals surface area contributed by atoms with Gasteiger partial charge in [0.15, 0.2) is 0 Å². The molecule has 0 N–H and O–H groups in total. The SMILES string of the molecule is O=C(Cc1c(F)cccc1Cl)C12CC3CC(CC(C3)C1)C2. The van der Waals surface area contributed by atoms with E-state index in [1.165, 1.54) is 25.3 Å². The summed E-state index contributed by atoms with van der Waals surface area (Å²) in [5.41, 5.74) is 0.222. The molecule has 0 heterocycles. The summed E-state index contributed by atoms with van der Waals surface area (Å²) in [6.45, 7) is 0. The number of carbonyl (C=O) groups is 1. The van der Waals surface area contributed by atoms with Crippen LogP contribution in [0.2, 0.25) is 5.02 Å². The van der Waals surface area contributed by atoms with Gasteiger partial charge in [-0.05, 0) is 68.4 Å². The zero-order valence-electron chi connectivity index (χ0n) is 12.1. The molecule has 21 heavy (non-hydrogen) atoms.